The highest BCUT2D eigenvalue weighted by Crippen LogP contribution is 2.35. The number of fused-ring (bicyclic) bond motifs is 1. The van der Waals surface area contributed by atoms with E-state index in [9.17, 15) is 0 Å². The predicted molar refractivity (Wildman–Crippen MR) is 68.6 cm³/mol. The van der Waals surface area contributed by atoms with Gasteiger partial charge in [0.15, 0.2) is 0 Å². The van der Waals surface area contributed by atoms with Crippen LogP contribution in [0.5, 0.6) is 5.75 Å². The first-order chi connectivity index (χ1) is 8.36. The number of likely N-dealkylation sites (N-methyl/N-ethyl adjacent to an activating group) is 1. The number of nitrogens with one attached hydrogen (secondary N) is 1. The van der Waals surface area contributed by atoms with Crippen LogP contribution in [-0.2, 0) is 4.74 Å². The minimum atomic E-state index is 0.361. The Hall–Kier alpha value is -1.06. The molecule has 0 bridgehead atoms. The van der Waals surface area contributed by atoms with Crippen LogP contribution in [0.4, 0.5) is 0 Å². The summed E-state index contributed by atoms with van der Waals surface area (Å²) < 4.78 is 11.2. The molecule has 0 aliphatic carbocycles. The van der Waals surface area contributed by atoms with Gasteiger partial charge in [-0.15, -0.1) is 0 Å². The van der Waals surface area contributed by atoms with Crippen LogP contribution < -0.4 is 10.1 Å². The van der Waals surface area contributed by atoms with Crippen LogP contribution in [0.3, 0.4) is 0 Å². The fourth-order valence-electron chi connectivity index (χ4n) is 2.43. The van der Waals surface area contributed by atoms with Crippen molar-refractivity contribution in [3.63, 3.8) is 0 Å². The smallest absolute Gasteiger partial charge is 0.122 e. The lowest BCUT2D eigenvalue weighted by Crippen LogP contribution is -2.38. The number of ether oxygens (including phenoxy) is 2. The van der Waals surface area contributed by atoms with Crippen molar-refractivity contribution < 1.29 is 9.47 Å². The van der Waals surface area contributed by atoms with Crippen molar-refractivity contribution in [1.82, 2.24) is 5.32 Å². The van der Waals surface area contributed by atoms with E-state index in [4.69, 9.17) is 9.47 Å². The van der Waals surface area contributed by atoms with Crippen molar-refractivity contribution >= 4 is 0 Å². The standard InChI is InChI=1S/C14H21NO2/c1-3-16-10-13(15-2)11-8-9-17-14-7-5-4-6-12(11)14/h4-7,11,13,15H,3,8-10H2,1-2H3. The van der Waals surface area contributed by atoms with E-state index >= 15 is 0 Å². The first kappa shape index (κ1) is 12.4. The molecular formula is C14H21NO2. The molecule has 17 heavy (non-hydrogen) atoms. The Morgan fingerprint density at radius 2 is 2.29 bits per heavy atom. The van der Waals surface area contributed by atoms with Crippen molar-refractivity contribution in [1.29, 1.82) is 0 Å². The first-order valence-electron chi connectivity index (χ1n) is 6.33. The highest BCUT2D eigenvalue weighted by molar-refractivity contribution is 5.38. The third-order valence-corrected chi connectivity index (χ3v) is 3.36. The topological polar surface area (TPSA) is 30.5 Å². The van der Waals surface area contributed by atoms with Crippen molar-refractivity contribution in [2.45, 2.75) is 25.3 Å². The summed E-state index contributed by atoms with van der Waals surface area (Å²) in [5.41, 5.74) is 1.30. The lowest BCUT2D eigenvalue weighted by atomic mass is 9.87. The fourth-order valence-corrected chi connectivity index (χ4v) is 2.43. The zero-order chi connectivity index (χ0) is 12.1. The summed E-state index contributed by atoms with van der Waals surface area (Å²) in [5, 5.41) is 3.37. The maximum absolute atomic E-state index is 5.68. The van der Waals surface area contributed by atoms with Crippen molar-refractivity contribution in [2.24, 2.45) is 0 Å². The minimum Gasteiger partial charge on any atom is -0.493 e. The molecule has 1 N–H and O–H groups in total. The number of hydrogen-bond acceptors (Lipinski definition) is 3. The highest BCUT2D eigenvalue weighted by atomic mass is 16.5. The average Bonchev–Trinajstić information content (AvgIpc) is 2.40. The van der Waals surface area contributed by atoms with Crippen molar-refractivity contribution in [3.8, 4) is 5.75 Å². The lowest BCUT2D eigenvalue weighted by molar-refractivity contribution is 0.109. The van der Waals surface area contributed by atoms with Gasteiger partial charge in [0.25, 0.3) is 0 Å². The molecular weight excluding hydrogens is 214 g/mol. The van der Waals surface area contributed by atoms with Crippen LogP contribution in [0.25, 0.3) is 0 Å². The molecule has 2 unspecified atom stereocenters. The van der Waals surface area contributed by atoms with Gasteiger partial charge < -0.3 is 14.8 Å². The van der Waals surface area contributed by atoms with Crippen LogP contribution in [0, 0.1) is 0 Å². The molecule has 1 heterocycles. The van der Waals surface area contributed by atoms with E-state index in [-0.39, 0.29) is 0 Å². The summed E-state index contributed by atoms with van der Waals surface area (Å²) >= 11 is 0. The van der Waals surface area contributed by atoms with Gasteiger partial charge in [0, 0.05) is 18.6 Å². The molecule has 3 nitrogen and oxygen atoms in total. The molecule has 94 valence electrons. The molecule has 0 aromatic heterocycles. The molecule has 0 fully saturated rings. The fraction of sp³-hybridized carbons (Fsp3) is 0.571. The van der Waals surface area contributed by atoms with E-state index in [1.165, 1.54) is 5.56 Å². The molecule has 0 amide bonds. The molecule has 0 radical (unpaired) electrons. The Labute approximate surface area is 103 Å². The zero-order valence-corrected chi connectivity index (χ0v) is 10.6. The van der Waals surface area contributed by atoms with Gasteiger partial charge in [0.2, 0.25) is 0 Å². The lowest BCUT2D eigenvalue weighted by Gasteiger charge is -2.32. The summed E-state index contributed by atoms with van der Waals surface area (Å²) in [6, 6.07) is 8.68. The van der Waals surface area contributed by atoms with E-state index in [2.05, 4.69) is 23.5 Å². The maximum atomic E-state index is 5.68. The maximum Gasteiger partial charge on any atom is 0.122 e. The summed E-state index contributed by atoms with van der Waals surface area (Å²) in [6.45, 7) is 4.35. The Balaban J connectivity index is 2.15. The van der Waals surface area contributed by atoms with Crippen LogP contribution in [0.2, 0.25) is 0 Å². The van der Waals surface area contributed by atoms with Gasteiger partial charge in [-0.1, -0.05) is 18.2 Å². The van der Waals surface area contributed by atoms with Gasteiger partial charge in [0.05, 0.1) is 13.2 Å². The SMILES string of the molecule is CCOCC(NC)C1CCOc2ccccc21. The average molecular weight is 235 g/mol. The van der Waals surface area contributed by atoms with E-state index in [1.807, 2.05) is 20.0 Å². The van der Waals surface area contributed by atoms with Gasteiger partial charge in [0.1, 0.15) is 5.75 Å². The summed E-state index contributed by atoms with van der Waals surface area (Å²) in [6.07, 6.45) is 1.05. The number of benzene rings is 1. The summed E-state index contributed by atoms with van der Waals surface area (Å²) in [5.74, 6) is 1.51. The minimum absolute atomic E-state index is 0.361. The second kappa shape index (κ2) is 6.03. The first-order valence-corrected chi connectivity index (χ1v) is 6.33. The second-order valence-electron chi connectivity index (χ2n) is 4.34. The molecule has 1 aliphatic rings. The Kier molecular flexibility index (Phi) is 4.40. The molecule has 0 saturated heterocycles. The second-order valence-corrected chi connectivity index (χ2v) is 4.34. The molecule has 0 saturated carbocycles. The zero-order valence-electron chi connectivity index (χ0n) is 10.6. The molecule has 3 heteroatoms. The van der Waals surface area contributed by atoms with E-state index < -0.39 is 0 Å². The van der Waals surface area contributed by atoms with E-state index in [0.717, 1.165) is 32.0 Å². The van der Waals surface area contributed by atoms with Gasteiger partial charge in [-0.05, 0) is 32.0 Å². The number of para-hydroxylation sites is 1. The highest BCUT2D eigenvalue weighted by Gasteiger charge is 2.27. The predicted octanol–water partition coefficient (Wildman–Crippen LogP) is 2.18. The summed E-state index contributed by atoms with van der Waals surface area (Å²) in [7, 11) is 2.00. The Morgan fingerprint density at radius 3 is 3.06 bits per heavy atom. The molecule has 0 spiro atoms. The van der Waals surface area contributed by atoms with E-state index in [0.29, 0.717) is 12.0 Å². The number of hydrogen-bond donors (Lipinski definition) is 1. The van der Waals surface area contributed by atoms with Gasteiger partial charge >= 0.3 is 0 Å². The molecule has 2 atom stereocenters. The monoisotopic (exact) mass is 235 g/mol. The van der Waals surface area contributed by atoms with Gasteiger partial charge in [-0.2, -0.15) is 0 Å². The molecule has 2 rings (SSSR count). The largest absolute Gasteiger partial charge is 0.493 e. The molecule has 1 aliphatic heterocycles. The third-order valence-electron chi connectivity index (χ3n) is 3.36. The quantitative estimate of drug-likeness (QED) is 0.848. The van der Waals surface area contributed by atoms with Gasteiger partial charge in [-0.3, -0.25) is 0 Å². The summed E-state index contributed by atoms with van der Waals surface area (Å²) in [4.78, 5) is 0. The van der Waals surface area contributed by atoms with Crippen LogP contribution in [0.1, 0.15) is 24.8 Å². The van der Waals surface area contributed by atoms with Crippen molar-refractivity contribution in [3.05, 3.63) is 29.8 Å². The number of rotatable bonds is 5. The van der Waals surface area contributed by atoms with Crippen molar-refractivity contribution in [2.75, 3.05) is 26.9 Å². The third kappa shape index (κ3) is 2.79. The normalized spacial score (nSPS) is 20.5. The molecule has 1 aromatic rings. The van der Waals surface area contributed by atoms with Crippen LogP contribution in [0.15, 0.2) is 24.3 Å². The van der Waals surface area contributed by atoms with Gasteiger partial charge in [-0.25, -0.2) is 0 Å². The Morgan fingerprint density at radius 1 is 1.47 bits per heavy atom. The van der Waals surface area contributed by atoms with Crippen LogP contribution >= 0.6 is 0 Å². The Bertz CT molecular complexity index is 354. The molecule has 1 aromatic carbocycles. The van der Waals surface area contributed by atoms with Crippen LogP contribution in [-0.4, -0.2) is 32.9 Å². The van der Waals surface area contributed by atoms with E-state index in [1.54, 1.807) is 0 Å².